The van der Waals surface area contributed by atoms with Crippen LogP contribution in [0.15, 0.2) is 18.2 Å². The first-order valence-corrected chi connectivity index (χ1v) is 8.15. The van der Waals surface area contributed by atoms with Gasteiger partial charge >= 0.3 is 0 Å². The molecule has 1 fully saturated rings. The number of hydrogen-bond acceptors (Lipinski definition) is 4. The summed E-state index contributed by atoms with van der Waals surface area (Å²) in [4.78, 5) is 12.2. The zero-order valence-electron chi connectivity index (χ0n) is 13.9. The zero-order chi connectivity index (χ0) is 15.8. The van der Waals surface area contributed by atoms with Crippen molar-refractivity contribution >= 4 is 24.0 Å². The fraction of sp³-hybridized carbons (Fsp3) is 0.588. The molecule has 0 radical (unpaired) electrons. The van der Waals surface area contributed by atoms with E-state index in [1.165, 1.54) is 0 Å². The molecule has 1 heterocycles. The van der Waals surface area contributed by atoms with E-state index in [-0.39, 0.29) is 24.2 Å². The van der Waals surface area contributed by atoms with Crippen LogP contribution in [0.25, 0.3) is 0 Å². The molecule has 0 aliphatic carbocycles. The molecule has 130 valence electrons. The average Bonchev–Trinajstić information content (AvgIpc) is 3.06. The summed E-state index contributed by atoms with van der Waals surface area (Å²) in [5.74, 6) is 1.54. The molecule has 0 spiro atoms. The number of halogens is 1. The van der Waals surface area contributed by atoms with Crippen molar-refractivity contribution in [2.24, 2.45) is 5.92 Å². The van der Waals surface area contributed by atoms with E-state index >= 15 is 0 Å². The standard InChI is InChI=1S/C17H26N2O3.ClH/c1-3-9-21-15-6-5-14(11-16(15)22-10-4-2)19-17(20)13-7-8-18-12-13;/h5-6,11,13,18H,3-4,7-10,12H2,1-2H3,(H,19,20);1H. The molecule has 1 amide bonds. The number of ether oxygens (including phenoxy) is 2. The van der Waals surface area contributed by atoms with Gasteiger partial charge in [-0.05, 0) is 37.9 Å². The normalized spacial score (nSPS) is 16.5. The molecule has 23 heavy (non-hydrogen) atoms. The fourth-order valence-corrected chi connectivity index (χ4v) is 2.36. The van der Waals surface area contributed by atoms with Gasteiger partial charge in [-0.2, -0.15) is 0 Å². The second-order valence-electron chi connectivity index (χ2n) is 5.54. The number of amides is 1. The maximum atomic E-state index is 12.2. The van der Waals surface area contributed by atoms with Crippen LogP contribution in [0.3, 0.4) is 0 Å². The lowest BCUT2D eigenvalue weighted by Crippen LogP contribution is -2.24. The lowest BCUT2D eigenvalue weighted by molar-refractivity contribution is -0.119. The first kappa shape index (κ1) is 19.6. The predicted molar refractivity (Wildman–Crippen MR) is 94.9 cm³/mol. The maximum absolute atomic E-state index is 12.2. The summed E-state index contributed by atoms with van der Waals surface area (Å²) in [5, 5.41) is 6.17. The molecule has 5 nitrogen and oxygen atoms in total. The van der Waals surface area contributed by atoms with Crippen molar-refractivity contribution in [2.75, 3.05) is 31.6 Å². The van der Waals surface area contributed by atoms with Crippen LogP contribution in [-0.4, -0.2) is 32.2 Å². The van der Waals surface area contributed by atoms with Crippen molar-refractivity contribution in [1.29, 1.82) is 0 Å². The van der Waals surface area contributed by atoms with Crippen molar-refractivity contribution in [2.45, 2.75) is 33.1 Å². The molecule has 1 aliphatic rings. The molecule has 2 rings (SSSR count). The van der Waals surface area contributed by atoms with Crippen LogP contribution in [-0.2, 0) is 4.79 Å². The summed E-state index contributed by atoms with van der Waals surface area (Å²) < 4.78 is 11.4. The third-order valence-corrected chi connectivity index (χ3v) is 3.57. The SMILES string of the molecule is CCCOc1ccc(NC(=O)C2CCNC2)cc1OCCC.Cl. The summed E-state index contributed by atoms with van der Waals surface area (Å²) in [6.07, 6.45) is 2.76. The number of carbonyl (C=O) groups is 1. The van der Waals surface area contributed by atoms with Gasteiger partial charge in [0, 0.05) is 18.3 Å². The Labute approximate surface area is 144 Å². The van der Waals surface area contributed by atoms with E-state index in [0.717, 1.165) is 43.8 Å². The summed E-state index contributed by atoms with van der Waals surface area (Å²) in [6, 6.07) is 5.58. The highest BCUT2D eigenvalue weighted by atomic mass is 35.5. The number of nitrogens with one attached hydrogen (secondary N) is 2. The molecule has 6 heteroatoms. The van der Waals surface area contributed by atoms with Gasteiger partial charge in [0.1, 0.15) is 0 Å². The molecule has 1 aromatic carbocycles. The molecule has 1 aliphatic heterocycles. The van der Waals surface area contributed by atoms with E-state index in [2.05, 4.69) is 24.5 Å². The average molecular weight is 343 g/mol. The molecule has 1 aromatic rings. The van der Waals surface area contributed by atoms with Crippen LogP contribution in [0.1, 0.15) is 33.1 Å². The minimum Gasteiger partial charge on any atom is -0.490 e. The van der Waals surface area contributed by atoms with Gasteiger partial charge in [0.15, 0.2) is 11.5 Å². The highest BCUT2D eigenvalue weighted by molar-refractivity contribution is 5.93. The van der Waals surface area contributed by atoms with Gasteiger partial charge in [-0.15, -0.1) is 12.4 Å². The molecule has 0 aromatic heterocycles. The number of hydrogen-bond donors (Lipinski definition) is 2. The lowest BCUT2D eigenvalue weighted by atomic mass is 10.1. The smallest absolute Gasteiger partial charge is 0.228 e. The summed E-state index contributed by atoms with van der Waals surface area (Å²) in [6.45, 7) is 7.08. The number of anilines is 1. The largest absolute Gasteiger partial charge is 0.490 e. The Bertz CT molecular complexity index is 491. The molecule has 0 saturated carbocycles. The Morgan fingerprint density at radius 3 is 2.52 bits per heavy atom. The number of benzene rings is 1. The van der Waals surface area contributed by atoms with Gasteiger partial charge in [-0.1, -0.05) is 13.8 Å². The first-order chi connectivity index (χ1) is 10.7. The van der Waals surface area contributed by atoms with Crippen molar-refractivity contribution < 1.29 is 14.3 Å². The van der Waals surface area contributed by atoms with Crippen molar-refractivity contribution in [3.63, 3.8) is 0 Å². The van der Waals surface area contributed by atoms with Crippen LogP contribution < -0.4 is 20.1 Å². The molecule has 1 atom stereocenters. The molecule has 2 N–H and O–H groups in total. The van der Waals surface area contributed by atoms with Crippen LogP contribution in [0.2, 0.25) is 0 Å². The highest BCUT2D eigenvalue weighted by Gasteiger charge is 2.22. The van der Waals surface area contributed by atoms with Crippen LogP contribution in [0, 0.1) is 5.92 Å². The highest BCUT2D eigenvalue weighted by Crippen LogP contribution is 2.31. The zero-order valence-corrected chi connectivity index (χ0v) is 14.7. The Kier molecular flexibility index (Phi) is 8.81. The minimum atomic E-state index is 0. The quantitative estimate of drug-likeness (QED) is 0.761. The Hall–Kier alpha value is -1.46. The van der Waals surface area contributed by atoms with Crippen molar-refractivity contribution in [1.82, 2.24) is 5.32 Å². The molecule has 0 bridgehead atoms. The maximum Gasteiger partial charge on any atom is 0.228 e. The van der Waals surface area contributed by atoms with E-state index in [1.807, 2.05) is 18.2 Å². The summed E-state index contributed by atoms with van der Waals surface area (Å²) in [5.41, 5.74) is 0.756. The minimum absolute atomic E-state index is 0. The first-order valence-electron chi connectivity index (χ1n) is 8.15. The topological polar surface area (TPSA) is 59.6 Å². The van der Waals surface area contributed by atoms with Crippen LogP contribution >= 0.6 is 12.4 Å². The predicted octanol–water partition coefficient (Wildman–Crippen LogP) is 3.23. The number of carbonyl (C=O) groups excluding carboxylic acids is 1. The summed E-state index contributed by atoms with van der Waals surface area (Å²) in [7, 11) is 0. The molecular weight excluding hydrogens is 316 g/mol. The van der Waals surface area contributed by atoms with E-state index in [1.54, 1.807) is 0 Å². The van der Waals surface area contributed by atoms with Gasteiger partial charge in [-0.25, -0.2) is 0 Å². The van der Waals surface area contributed by atoms with E-state index in [9.17, 15) is 4.79 Å². The van der Waals surface area contributed by atoms with Crippen LogP contribution in [0.4, 0.5) is 5.69 Å². The van der Waals surface area contributed by atoms with E-state index in [4.69, 9.17) is 9.47 Å². The molecular formula is C17H27ClN2O3. The molecule has 1 unspecified atom stereocenters. The third-order valence-electron chi connectivity index (χ3n) is 3.57. The summed E-state index contributed by atoms with van der Waals surface area (Å²) >= 11 is 0. The Morgan fingerprint density at radius 1 is 1.22 bits per heavy atom. The Balaban J connectivity index is 0.00000264. The van der Waals surface area contributed by atoms with Crippen molar-refractivity contribution in [3.05, 3.63) is 18.2 Å². The van der Waals surface area contributed by atoms with Gasteiger partial charge < -0.3 is 20.1 Å². The van der Waals surface area contributed by atoms with Gasteiger partial charge in [0.05, 0.1) is 19.1 Å². The second-order valence-corrected chi connectivity index (χ2v) is 5.54. The van der Waals surface area contributed by atoms with Gasteiger partial charge in [-0.3, -0.25) is 4.79 Å². The molecule has 1 saturated heterocycles. The monoisotopic (exact) mass is 342 g/mol. The van der Waals surface area contributed by atoms with Crippen molar-refractivity contribution in [3.8, 4) is 11.5 Å². The lowest BCUT2D eigenvalue weighted by Gasteiger charge is -2.15. The van der Waals surface area contributed by atoms with Crippen LogP contribution in [0.5, 0.6) is 11.5 Å². The van der Waals surface area contributed by atoms with E-state index < -0.39 is 0 Å². The van der Waals surface area contributed by atoms with Gasteiger partial charge in [0.25, 0.3) is 0 Å². The fourth-order valence-electron chi connectivity index (χ4n) is 2.36. The van der Waals surface area contributed by atoms with E-state index in [0.29, 0.717) is 19.0 Å². The second kappa shape index (κ2) is 10.3. The number of rotatable bonds is 8. The Morgan fingerprint density at radius 2 is 1.91 bits per heavy atom. The van der Waals surface area contributed by atoms with Gasteiger partial charge in [0.2, 0.25) is 5.91 Å². The third kappa shape index (κ3) is 5.92.